The Kier molecular flexibility index (Phi) is 5.93. The molecule has 5 rings (SSSR count). The summed E-state index contributed by atoms with van der Waals surface area (Å²) in [5, 5.41) is 8.19. The molecule has 1 aliphatic heterocycles. The molecule has 0 radical (unpaired) electrons. The number of hydrogen-bond acceptors (Lipinski definition) is 8. The Morgan fingerprint density at radius 2 is 1.91 bits per heavy atom. The molecule has 176 valence electrons. The standard InChI is InChI=1S/C24H25N5O4S/c1-14-11-15(2)19(16(3)12-14)25-18(30)13-29-23(31)21-22(20(27-29)17-5-4-8-33-17)34-24(26-21)28-6-9-32-10-7-28/h4-5,8,11-12H,6-7,9-10,13H2,1-3H3,(H,25,30). The number of ether oxygens (including phenoxy) is 1. The van der Waals surface area contributed by atoms with Crippen LogP contribution >= 0.6 is 11.3 Å². The van der Waals surface area contributed by atoms with Gasteiger partial charge in [0.05, 0.1) is 24.2 Å². The van der Waals surface area contributed by atoms with Crippen LogP contribution in [0.15, 0.2) is 39.7 Å². The van der Waals surface area contributed by atoms with Crippen LogP contribution in [-0.2, 0) is 16.1 Å². The maximum absolute atomic E-state index is 13.3. The fraction of sp³-hybridized carbons (Fsp3) is 0.333. The quantitative estimate of drug-likeness (QED) is 0.467. The molecule has 1 aromatic carbocycles. The molecule has 1 N–H and O–H groups in total. The number of nitrogens with one attached hydrogen (secondary N) is 1. The lowest BCUT2D eigenvalue weighted by Crippen LogP contribution is -2.36. The van der Waals surface area contributed by atoms with Crippen molar-refractivity contribution in [2.75, 3.05) is 36.5 Å². The van der Waals surface area contributed by atoms with Gasteiger partial charge < -0.3 is 19.4 Å². The smallest absolute Gasteiger partial charge is 0.294 e. The first kappa shape index (κ1) is 22.3. The largest absolute Gasteiger partial charge is 0.463 e. The van der Waals surface area contributed by atoms with Crippen molar-refractivity contribution in [2.24, 2.45) is 0 Å². The lowest BCUT2D eigenvalue weighted by Gasteiger charge is -2.25. The van der Waals surface area contributed by atoms with Crippen LogP contribution in [0.4, 0.5) is 10.8 Å². The molecule has 34 heavy (non-hydrogen) atoms. The average molecular weight is 480 g/mol. The number of hydrogen-bond donors (Lipinski definition) is 1. The Balaban J connectivity index is 1.53. The maximum Gasteiger partial charge on any atom is 0.294 e. The first-order chi connectivity index (χ1) is 16.4. The molecule has 1 amide bonds. The highest BCUT2D eigenvalue weighted by Crippen LogP contribution is 2.34. The highest BCUT2D eigenvalue weighted by Gasteiger charge is 2.23. The van der Waals surface area contributed by atoms with E-state index in [-0.39, 0.29) is 18.0 Å². The van der Waals surface area contributed by atoms with Gasteiger partial charge in [0.1, 0.15) is 12.2 Å². The predicted octanol–water partition coefficient (Wildman–Crippen LogP) is 3.51. The summed E-state index contributed by atoms with van der Waals surface area (Å²) in [6.45, 7) is 8.31. The van der Waals surface area contributed by atoms with Crippen LogP contribution < -0.4 is 15.8 Å². The Labute approximate surface area is 200 Å². The molecule has 10 heteroatoms. The summed E-state index contributed by atoms with van der Waals surface area (Å²) in [5.41, 5.74) is 4.17. The lowest BCUT2D eigenvalue weighted by molar-refractivity contribution is -0.117. The number of rotatable bonds is 5. The third-order valence-electron chi connectivity index (χ3n) is 5.76. The second-order valence-electron chi connectivity index (χ2n) is 8.38. The second-order valence-corrected chi connectivity index (χ2v) is 9.36. The van der Waals surface area contributed by atoms with E-state index in [2.05, 4.69) is 20.3 Å². The third kappa shape index (κ3) is 4.22. The minimum atomic E-state index is -0.409. The van der Waals surface area contributed by atoms with E-state index in [0.717, 1.165) is 32.2 Å². The fourth-order valence-electron chi connectivity index (χ4n) is 4.21. The van der Waals surface area contributed by atoms with E-state index in [1.54, 1.807) is 18.4 Å². The number of benzene rings is 1. The van der Waals surface area contributed by atoms with Gasteiger partial charge in [-0.1, -0.05) is 29.0 Å². The molecular formula is C24H25N5O4S. The minimum Gasteiger partial charge on any atom is -0.463 e. The molecule has 0 unspecified atom stereocenters. The van der Waals surface area contributed by atoms with Crippen LogP contribution in [0.2, 0.25) is 0 Å². The first-order valence-corrected chi connectivity index (χ1v) is 11.9. The summed E-state index contributed by atoms with van der Waals surface area (Å²) in [5.74, 6) is 0.180. The van der Waals surface area contributed by atoms with Crippen LogP contribution in [0, 0.1) is 20.8 Å². The number of anilines is 2. The summed E-state index contributed by atoms with van der Waals surface area (Å²) in [7, 11) is 0. The molecule has 9 nitrogen and oxygen atoms in total. The molecule has 1 aliphatic rings. The van der Waals surface area contributed by atoms with E-state index in [0.29, 0.717) is 42.5 Å². The number of amides is 1. The number of fused-ring (bicyclic) bond motifs is 1. The molecule has 4 aromatic rings. The monoisotopic (exact) mass is 479 g/mol. The number of carbonyl (C=O) groups is 1. The Hall–Kier alpha value is -3.50. The van der Waals surface area contributed by atoms with Gasteiger partial charge in [-0.25, -0.2) is 9.67 Å². The van der Waals surface area contributed by atoms with Gasteiger partial charge in [0.25, 0.3) is 5.56 Å². The van der Waals surface area contributed by atoms with E-state index in [9.17, 15) is 9.59 Å². The number of aryl methyl sites for hydroxylation is 3. The highest BCUT2D eigenvalue weighted by atomic mass is 32.1. The summed E-state index contributed by atoms with van der Waals surface area (Å²) in [6.07, 6.45) is 1.55. The van der Waals surface area contributed by atoms with Crippen molar-refractivity contribution in [3.05, 3.63) is 57.6 Å². The Bertz CT molecular complexity index is 1390. The van der Waals surface area contributed by atoms with Crippen molar-refractivity contribution in [1.82, 2.24) is 14.8 Å². The van der Waals surface area contributed by atoms with Crippen LogP contribution in [0.25, 0.3) is 21.7 Å². The number of carbonyl (C=O) groups excluding carboxylic acids is 1. The molecule has 0 atom stereocenters. The second kappa shape index (κ2) is 9.03. The number of furan rings is 1. The van der Waals surface area contributed by atoms with Crippen molar-refractivity contribution in [1.29, 1.82) is 0 Å². The average Bonchev–Trinajstić information content (AvgIpc) is 3.50. The van der Waals surface area contributed by atoms with E-state index < -0.39 is 5.56 Å². The molecule has 0 aliphatic carbocycles. The summed E-state index contributed by atoms with van der Waals surface area (Å²) >= 11 is 1.40. The van der Waals surface area contributed by atoms with Crippen molar-refractivity contribution < 1.29 is 13.9 Å². The molecule has 1 fully saturated rings. The van der Waals surface area contributed by atoms with E-state index in [1.807, 2.05) is 32.9 Å². The van der Waals surface area contributed by atoms with Crippen LogP contribution in [0.5, 0.6) is 0 Å². The van der Waals surface area contributed by atoms with Crippen molar-refractivity contribution in [3.8, 4) is 11.5 Å². The predicted molar refractivity (Wildman–Crippen MR) is 132 cm³/mol. The molecular weight excluding hydrogens is 454 g/mol. The topological polar surface area (TPSA) is 102 Å². The highest BCUT2D eigenvalue weighted by molar-refractivity contribution is 7.22. The summed E-state index contributed by atoms with van der Waals surface area (Å²) in [6, 6.07) is 7.56. The summed E-state index contributed by atoms with van der Waals surface area (Å²) in [4.78, 5) is 33.0. The van der Waals surface area contributed by atoms with Crippen molar-refractivity contribution in [2.45, 2.75) is 27.3 Å². The van der Waals surface area contributed by atoms with Crippen LogP contribution in [0.1, 0.15) is 16.7 Å². The number of thiazole rings is 1. The van der Waals surface area contributed by atoms with Gasteiger partial charge in [0, 0.05) is 18.8 Å². The van der Waals surface area contributed by atoms with Gasteiger partial charge in [-0.15, -0.1) is 0 Å². The molecule has 3 aromatic heterocycles. The van der Waals surface area contributed by atoms with Crippen LogP contribution in [-0.4, -0.2) is 47.0 Å². The third-order valence-corrected chi connectivity index (χ3v) is 6.88. The Morgan fingerprint density at radius 1 is 1.18 bits per heavy atom. The Morgan fingerprint density at radius 3 is 2.59 bits per heavy atom. The molecule has 0 spiro atoms. The van der Waals surface area contributed by atoms with Gasteiger partial charge in [0.15, 0.2) is 16.4 Å². The van der Waals surface area contributed by atoms with Gasteiger partial charge in [0.2, 0.25) is 5.91 Å². The SMILES string of the molecule is Cc1cc(C)c(NC(=O)Cn2nc(-c3ccco3)c3sc(N4CCOCC4)nc3c2=O)c(C)c1. The van der Waals surface area contributed by atoms with Gasteiger partial charge in [-0.3, -0.25) is 9.59 Å². The van der Waals surface area contributed by atoms with E-state index >= 15 is 0 Å². The zero-order valence-electron chi connectivity index (χ0n) is 19.3. The number of nitrogens with zero attached hydrogens (tertiary/aromatic N) is 4. The molecule has 0 saturated carbocycles. The number of aromatic nitrogens is 3. The molecule has 4 heterocycles. The maximum atomic E-state index is 13.3. The lowest BCUT2D eigenvalue weighted by atomic mass is 10.1. The van der Waals surface area contributed by atoms with E-state index in [1.165, 1.54) is 11.3 Å². The zero-order valence-corrected chi connectivity index (χ0v) is 20.1. The normalized spacial score (nSPS) is 14.0. The van der Waals surface area contributed by atoms with E-state index in [4.69, 9.17) is 9.15 Å². The fourth-order valence-corrected chi connectivity index (χ4v) is 5.31. The molecule has 0 bridgehead atoms. The first-order valence-electron chi connectivity index (χ1n) is 11.1. The zero-order chi connectivity index (χ0) is 23.8. The number of morpholine rings is 1. The van der Waals surface area contributed by atoms with Gasteiger partial charge in [-0.05, 0) is 44.0 Å². The van der Waals surface area contributed by atoms with Crippen molar-refractivity contribution >= 4 is 38.3 Å². The summed E-state index contributed by atoms with van der Waals surface area (Å²) < 4.78 is 12.8. The van der Waals surface area contributed by atoms with Gasteiger partial charge >= 0.3 is 0 Å². The van der Waals surface area contributed by atoms with Gasteiger partial charge in [-0.2, -0.15) is 5.10 Å². The van der Waals surface area contributed by atoms with Crippen molar-refractivity contribution in [3.63, 3.8) is 0 Å². The van der Waals surface area contributed by atoms with Crippen LogP contribution in [0.3, 0.4) is 0 Å². The minimum absolute atomic E-state index is 0.236. The molecule has 1 saturated heterocycles.